The van der Waals surface area contributed by atoms with Crippen LogP contribution in [0.25, 0.3) is 11.3 Å². The summed E-state index contributed by atoms with van der Waals surface area (Å²) in [5.74, 6) is 0.652. The fourth-order valence-corrected chi connectivity index (χ4v) is 3.13. The third-order valence-electron chi connectivity index (χ3n) is 4.54. The number of hydrogen-bond donors (Lipinski definition) is 1. The number of methoxy groups -OCH3 is 1. The van der Waals surface area contributed by atoms with E-state index in [0.717, 1.165) is 5.56 Å². The van der Waals surface area contributed by atoms with Crippen LogP contribution in [-0.2, 0) is 24.1 Å². The van der Waals surface area contributed by atoms with Crippen LogP contribution in [0.2, 0.25) is 0 Å². The van der Waals surface area contributed by atoms with Gasteiger partial charge in [-0.2, -0.15) is 10.1 Å². The molecule has 0 bridgehead atoms. The van der Waals surface area contributed by atoms with Gasteiger partial charge in [0.25, 0.3) is 5.56 Å². The molecule has 2 aliphatic rings. The largest absolute Gasteiger partial charge is 0.465 e. The average Bonchev–Trinajstić information content (AvgIpc) is 3.34. The van der Waals surface area contributed by atoms with Gasteiger partial charge >= 0.3 is 5.97 Å². The van der Waals surface area contributed by atoms with Crippen LogP contribution in [0.4, 0.5) is 0 Å². The van der Waals surface area contributed by atoms with Crippen molar-refractivity contribution < 1.29 is 14.1 Å². The molecule has 9 heteroatoms. The van der Waals surface area contributed by atoms with Gasteiger partial charge in [0.1, 0.15) is 11.3 Å². The van der Waals surface area contributed by atoms with Gasteiger partial charge in [-0.3, -0.25) is 4.79 Å². The fraction of sp³-hybridized carbons (Fsp3) is 0.250. The van der Waals surface area contributed by atoms with Gasteiger partial charge in [0.05, 0.1) is 12.7 Å². The lowest BCUT2D eigenvalue weighted by molar-refractivity contribution is 0.0600. The number of hydrogen-bond acceptors (Lipinski definition) is 7. The number of aryl methyl sites for hydroxylation is 2. The standard InChI is InChI=1S/C20H19N5O4/c1-28-20(27)15-12-25(11-14-18(15)22-23-19(14)26)9-5-8-17-21-16(24-29-17)10-13-6-3-2-4-7-13/h2-4,6-7,11-12H,5,8-10H2,1H3,(H,23,26). The number of nitrogens with zero attached hydrogens (tertiary/aromatic N) is 4. The highest BCUT2D eigenvalue weighted by Crippen LogP contribution is 2.21. The summed E-state index contributed by atoms with van der Waals surface area (Å²) in [5.41, 5.74) is 1.66. The second-order valence-electron chi connectivity index (χ2n) is 6.59. The molecule has 9 nitrogen and oxygen atoms in total. The maximum absolute atomic E-state index is 12.0. The maximum Gasteiger partial charge on any atom is 0.341 e. The number of aromatic nitrogens is 5. The zero-order chi connectivity index (χ0) is 20.2. The molecule has 1 aromatic carbocycles. The number of esters is 1. The molecule has 0 fully saturated rings. The number of nitrogens with one attached hydrogen (secondary N) is 1. The Kier molecular flexibility index (Phi) is 5.19. The van der Waals surface area contributed by atoms with Gasteiger partial charge in [0.15, 0.2) is 5.82 Å². The van der Waals surface area contributed by atoms with Crippen molar-refractivity contribution in [1.82, 2.24) is 24.9 Å². The van der Waals surface area contributed by atoms with Gasteiger partial charge in [-0.15, -0.1) is 0 Å². The molecular weight excluding hydrogens is 374 g/mol. The predicted octanol–water partition coefficient (Wildman–Crippen LogP) is 2.07. The summed E-state index contributed by atoms with van der Waals surface area (Å²) in [5, 5.41) is 10.3. The minimum atomic E-state index is -0.543. The molecule has 2 aromatic rings. The molecule has 148 valence electrons. The van der Waals surface area contributed by atoms with Crippen molar-refractivity contribution >= 4 is 5.97 Å². The number of carbonyl (C=O) groups is 1. The van der Waals surface area contributed by atoms with Gasteiger partial charge in [-0.05, 0) is 12.0 Å². The van der Waals surface area contributed by atoms with Crippen LogP contribution in [0.1, 0.15) is 34.1 Å². The summed E-state index contributed by atoms with van der Waals surface area (Å²) in [6, 6.07) is 9.94. The highest BCUT2D eigenvalue weighted by Gasteiger charge is 2.21. The first-order chi connectivity index (χ1) is 14.1. The molecule has 1 N–H and O–H groups in total. The summed E-state index contributed by atoms with van der Waals surface area (Å²) in [4.78, 5) is 28.4. The normalized spacial score (nSPS) is 11.1. The minimum absolute atomic E-state index is 0.242. The molecule has 0 saturated heterocycles. The monoisotopic (exact) mass is 393 g/mol. The molecule has 0 radical (unpaired) electrons. The first-order valence-corrected chi connectivity index (χ1v) is 9.16. The summed E-state index contributed by atoms with van der Waals surface area (Å²) in [7, 11) is 1.29. The van der Waals surface area contributed by atoms with E-state index in [1.54, 1.807) is 17.0 Å². The lowest BCUT2D eigenvalue weighted by Gasteiger charge is -2.11. The van der Waals surface area contributed by atoms with Gasteiger partial charge in [-0.1, -0.05) is 35.5 Å². The molecule has 0 saturated carbocycles. The molecule has 29 heavy (non-hydrogen) atoms. The van der Waals surface area contributed by atoms with Gasteiger partial charge in [-0.25, -0.2) is 9.89 Å². The van der Waals surface area contributed by atoms with Crippen molar-refractivity contribution in [3.8, 4) is 11.3 Å². The molecule has 2 aliphatic heterocycles. The second kappa shape index (κ2) is 8.09. The van der Waals surface area contributed by atoms with E-state index < -0.39 is 5.97 Å². The molecule has 1 aromatic heterocycles. The summed E-state index contributed by atoms with van der Waals surface area (Å²) in [6.45, 7) is 0.557. The van der Waals surface area contributed by atoms with Crippen LogP contribution in [0, 0.1) is 0 Å². The first kappa shape index (κ1) is 18.6. The van der Waals surface area contributed by atoms with E-state index in [4.69, 9.17) is 9.26 Å². The van der Waals surface area contributed by atoms with Crippen molar-refractivity contribution in [3.05, 3.63) is 75.9 Å². The number of pyridine rings is 1. The molecular formula is C20H19N5O4. The Morgan fingerprint density at radius 3 is 2.86 bits per heavy atom. The Morgan fingerprint density at radius 2 is 2.07 bits per heavy atom. The van der Waals surface area contributed by atoms with Crippen molar-refractivity contribution in [3.63, 3.8) is 0 Å². The molecule has 0 aliphatic carbocycles. The third kappa shape index (κ3) is 4.08. The Bertz CT molecular complexity index is 1150. The molecule has 4 rings (SSSR count). The van der Waals surface area contributed by atoms with E-state index in [1.165, 1.54) is 7.11 Å². The highest BCUT2D eigenvalue weighted by molar-refractivity contribution is 5.95. The van der Waals surface area contributed by atoms with Crippen molar-refractivity contribution in [2.45, 2.75) is 25.8 Å². The number of benzene rings is 1. The van der Waals surface area contributed by atoms with E-state index in [1.807, 2.05) is 30.3 Å². The van der Waals surface area contributed by atoms with Gasteiger partial charge in [0, 0.05) is 31.8 Å². The maximum atomic E-state index is 12.0. The first-order valence-electron chi connectivity index (χ1n) is 9.16. The van der Waals surface area contributed by atoms with E-state index in [9.17, 15) is 9.59 Å². The van der Waals surface area contributed by atoms with Crippen LogP contribution in [0.5, 0.6) is 0 Å². The van der Waals surface area contributed by atoms with Crippen LogP contribution < -0.4 is 5.56 Å². The highest BCUT2D eigenvalue weighted by atomic mass is 16.5. The van der Waals surface area contributed by atoms with Crippen LogP contribution in [0.3, 0.4) is 0 Å². The van der Waals surface area contributed by atoms with E-state index >= 15 is 0 Å². The number of fused-ring (bicyclic) bond motifs is 1. The topological polar surface area (TPSA) is 116 Å². The van der Waals surface area contributed by atoms with Gasteiger partial charge < -0.3 is 13.8 Å². The third-order valence-corrected chi connectivity index (χ3v) is 4.54. The Hall–Kier alpha value is -3.75. The number of rotatable bonds is 7. The van der Waals surface area contributed by atoms with Crippen LogP contribution in [0.15, 0.2) is 52.0 Å². The lowest BCUT2D eigenvalue weighted by Crippen LogP contribution is -2.12. The second-order valence-corrected chi connectivity index (χ2v) is 6.59. The number of H-pyrrole nitrogens is 1. The zero-order valence-corrected chi connectivity index (χ0v) is 15.8. The van der Waals surface area contributed by atoms with E-state index in [0.29, 0.717) is 48.8 Å². The average molecular weight is 393 g/mol. The lowest BCUT2D eigenvalue weighted by atomic mass is 10.1. The van der Waals surface area contributed by atoms with Crippen molar-refractivity contribution in [2.75, 3.05) is 7.11 Å². The van der Waals surface area contributed by atoms with Crippen molar-refractivity contribution in [2.24, 2.45) is 0 Å². The molecule has 0 atom stereocenters. The number of ether oxygens (including phenoxy) is 1. The SMILES string of the molecule is COC(=O)c1cn(CCCc2nc(Cc3ccccc3)no2)cc2c(=O)[nH]nc1-2. The number of aromatic amines is 1. The van der Waals surface area contributed by atoms with Crippen molar-refractivity contribution in [1.29, 1.82) is 0 Å². The molecule has 0 spiro atoms. The molecule has 3 heterocycles. The Morgan fingerprint density at radius 1 is 1.24 bits per heavy atom. The van der Waals surface area contributed by atoms with E-state index in [-0.39, 0.29) is 11.1 Å². The van der Waals surface area contributed by atoms with Gasteiger partial charge in [0.2, 0.25) is 5.89 Å². The Balaban J connectivity index is 1.43. The van der Waals surface area contributed by atoms with E-state index in [2.05, 4.69) is 20.3 Å². The fourth-order valence-electron chi connectivity index (χ4n) is 3.13. The minimum Gasteiger partial charge on any atom is -0.465 e. The zero-order valence-electron chi connectivity index (χ0n) is 15.8. The summed E-state index contributed by atoms with van der Waals surface area (Å²) < 4.78 is 11.9. The quantitative estimate of drug-likeness (QED) is 0.478. The Labute approximate surface area is 165 Å². The predicted molar refractivity (Wildman–Crippen MR) is 103 cm³/mol. The molecule has 0 amide bonds. The summed E-state index contributed by atoms with van der Waals surface area (Å²) in [6.07, 6.45) is 5.18. The van der Waals surface area contributed by atoms with Crippen LogP contribution >= 0.6 is 0 Å². The summed E-state index contributed by atoms with van der Waals surface area (Å²) >= 11 is 0. The molecule has 0 unspecified atom stereocenters. The van der Waals surface area contributed by atoms with Crippen LogP contribution in [-0.4, -0.2) is 38.0 Å². The smallest absolute Gasteiger partial charge is 0.341 e. The number of carbonyl (C=O) groups excluding carboxylic acids is 1.